The van der Waals surface area contributed by atoms with Crippen molar-refractivity contribution < 1.29 is 89.7 Å². The standard InChI is InChI=1S/C22H32N10O19P4/c1-23-17-11-19(27-5-25-17)31(7-29-11)21-15(35)13(33)9(47-21)3-45-52(37,38)49-54(41,42)51-55(43,44)50-53(39,40)46-4-10-14(34)16(36)22(48-10)32-8-30-12-18(24-2)26-6-28-20(12)32/h5-10,13-16,21-22,33-36H,3-4H2,1-2H3,(H,37,38)(H,39,40)(H,41,42)(H,43,44)(H,23,25,27)(H,24,26,28)/t9-,10-,13-,14-,15-,16-,21-,22-/m1/s1. The Kier molecular flexibility index (Phi) is 11.9. The number of rotatable bonds is 16. The lowest BCUT2D eigenvalue weighted by molar-refractivity contribution is -0.0505. The van der Waals surface area contributed by atoms with E-state index < -0.39 is 93.6 Å². The Hall–Kier alpha value is -2.98. The minimum Gasteiger partial charge on any atom is -0.387 e. The molecule has 0 spiro atoms. The van der Waals surface area contributed by atoms with Crippen molar-refractivity contribution in [2.75, 3.05) is 37.9 Å². The van der Waals surface area contributed by atoms with E-state index in [9.17, 15) is 58.3 Å². The first-order chi connectivity index (χ1) is 25.8. The number of hydrogen-bond donors (Lipinski definition) is 10. The van der Waals surface area contributed by atoms with E-state index in [-0.39, 0.29) is 22.3 Å². The number of imidazole rings is 2. The van der Waals surface area contributed by atoms with E-state index in [1.807, 2.05) is 0 Å². The van der Waals surface area contributed by atoms with Crippen LogP contribution in [0.1, 0.15) is 12.5 Å². The van der Waals surface area contributed by atoms with Crippen molar-refractivity contribution in [3.05, 3.63) is 25.3 Å². The van der Waals surface area contributed by atoms with Crippen molar-refractivity contribution in [2.45, 2.75) is 49.1 Å². The molecule has 4 aromatic rings. The van der Waals surface area contributed by atoms with Crippen molar-refractivity contribution in [1.82, 2.24) is 39.0 Å². The summed E-state index contributed by atoms with van der Waals surface area (Å²) < 4.78 is 84.1. The summed E-state index contributed by atoms with van der Waals surface area (Å²) in [5, 5.41) is 47.7. The molecule has 2 fully saturated rings. The second-order valence-electron chi connectivity index (χ2n) is 11.4. The zero-order valence-corrected chi connectivity index (χ0v) is 31.4. The molecule has 0 aliphatic carbocycles. The third kappa shape index (κ3) is 8.95. The minimum absolute atomic E-state index is 0.163. The smallest absolute Gasteiger partial charge is 0.387 e. The number of anilines is 2. The van der Waals surface area contributed by atoms with Crippen molar-refractivity contribution in [3.63, 3.8) is 0 Å². The SMILES string of the molecule is CNc1ncnc2c1ncn2[C@@H]1O[C@H](COP(=O)(O)OP(=O)(O)OP(=O)(O)OP(=O)(O)OC[C@H]2O[C@@H](n3cnc4c(NC)ncnc43)[C@H](O)[C@@H]2O)[C@@H](O)[C@H]1O. The Morgan fingerprint density at radius 3 is 1.33 bits per heavy atom. The highest BCUT2D eigenvalue weighted by atomic mass is 31.3. The monoisotopic (exact) mass is 864 g/mol. The number of ether oxygens (including phenoxy) is 2. The summed E-state index contributed by atoms with van der Waals surface area (Å²) in [5.41, 5.74) is 0.865. The Morgan fingerprint density at radius 1 is 0.600 bits per heavy atom. The van der Waals surface area contributed by atoms with Gasteiger partial charge in [0, 0.05) is 14.1 Å². The first-order valence-corrected chi connectivity index (χ1v) is 21.2. The molecule has 4 unspecified atom stereocenters. The van der Waals surface area contributed by atoms with Crippen molar-refractivity contribution in [1.29, 1.82) is 0 Å². The molecule has 2 aliphatic rings. The molecule has 2 aliphatic heterocycles. The highest BCUT2D eigenvalue weighted by Gasteiger charge is 2.50. The Bertz CT molecular complexity index is 2080. The van der Waals surface area contributed by atoms with E-state index in [2.05, 4.69) is 62.5 Å². The second-order valence-corrected chi connectivity index (χ2v) is 17.6. The van der Waals surface area contributed by atoms with Crippen LogP contribution in [0.5, 0.6) is 0 Å². The average molecular weight is 864 g/mol. The van der Waals surface area contributed by atoms with Crippen LogP contribution in [0.15, 0.2) is 25.3 Å². The van der Waals surface area contributed by atoms with Crippen molar-refractivity contribution in [2.24, 2.45) is 0 Å². The molecular weight excluding hydrogens is 832 g/mol. The van der Waals surface area contributed by atoms with Gasteiger partial charge in [0.15, 0.2) is 35.4 Å². The van der Waals surface area contributed by atoms with E-state index in [1.54, 1.807) is 14.1 Å². The summed E-state index contributed by atoms with van der Waals surface area (Å²) in [5.74, 6) is 0.651. The predicted molar refractivity (Wildman–Crippen MR) is 176 cm³/mol. The van der Waals surface area contributed by atoms with Crippen LogP contribution >= 0.6 is 31.3 Å². The third-order valence-corrected chi connectivity index (χ3v) is 13.7. The largest absolute Gasteiger partial charge is 0.490 e. The zero-order valence-electron chi connectivity index (χ0n) is 27.8. The molecule has 4 aromatic heterocycles. The first kappa shape index (κ1) is 41.6. The number of phosphoric acid groups is 4. The van der Waals surface area contributed by atoms with Gasteiger partial charge in [-0.05, 0) is 0 Å². The Balaban J connectivity index is 1.01. The maximum atomic E-state index is 12.5. The normalized spacial score (nSPS) is 30.1. The van der Waals surface area contributed by atoms with Crippen LogP contribution in [0.2, 0.25) is 0 Å². The summed E-state index contributed by atoms with van der Waals surface area (Å²) >= 11 is 0. The fourth-order valence-electron chi connectivity index (χ4n) is 5.44. The van der Waals surface area contributed by atoms with Gasteiger partial charge in [-0.2, -0.15) is 12.9 Å². The van der Waals surface area contributed by atoms with Gasteiger partial charge in [0.05, 0.1) is 25.9 Å². The van der Waals surface area contributed by atoms with Crippen LogP contribution in [0, 0.1) is 0 Å². The summed E-state index contributed by atoms with van der Waals surface area (Å²) in [6.07, 6.45) is -8.09. The third-order valence-electron chi connectivity index (χ3n) is 7.84. The van der Waals surface area contributed by atoms with Gasteiger partial charge in [-0.25, -0.2) is 48.2 Å². The Labute approximate surface area is 306 Å². The van der Waals surface area contributed by atoms with Gasteiger partial charge in [-0.3, -0.25) is 18.2 Å². The molecule has 0 amide bonds. The summed E-state index contributed by atoms with van der Waals surface area (Å²) in [4.78, 5) is 64.2. The first-order valence-electron chi connectivity index (χ1n) is 15.2. The quantitative estimate of drug-likeness (QED) is 0.0571. The van der Waals surface area contributed by atoms with Gasteiger partial charge >= 0.3 is 31.3 Å². The summed E-state index contributed by atoms with van der Waals surface area (Å²) in [7, 11) is -20.8. The van der Waals surface area contributed by atoms with E-state index >= 15 is 0 Å². The van der Waals surface area contributed by atoms with Crippen molar-refractivity contribution in [3.8, 4) is 0 Å². The number of nitrogens with one attached hydrogen (secondary N) is 2. The van der Waals surface area contributed by atoms with Gasteiger partial charge in [0.25, 0.3) is 0 Å². The molecule has 10 N–H and O–H groups in total. The second kappa shape index (κ2) is 15.8. The average Bonchev–Trinajstić information content (AvgIpc) is 3.86. The van der Waals surface area contributed by atoms with Gasteiger partial charge in [-0.15, -0.1) is 0 Å². The number of fused-ring (bicyclic) bond motifs is 2. The van der Waals surface area contributed by atoms with E-state index in [1.165, 1.54) is 34.4 Å². The van der Waals surface area contributed by atoms with Gasteiger partial charge in [0.2, 0.25) is 0 Å². The molecule has 33 heteroatoms. The van der Waals surface area contributed by atoms with E-state index in [0.717, 1.165) is 0 Å². The molecular formula is C22H32N10O19P4. The molecule has 0 bridgehead atoms. The molecule has 304 valence electrons. The topological polar surface area (TPSA) is 406 Å². The highest BCUT2D eigenvalue weighted by molar-refractivity contribution is 7.69. The van der Waals surface area contributed by atoms with Crippen molar-refractivity contribution >= 4 is 65.3 Å². The lowest BCUT2D eigenvalue weighted by Gasteiger charge is -2.21. The fourth-order valence-corrected chi connectivity index (χ4v) is 10.4. The molecule has 6 heterocycles. The Morgan fingerprint density at radius 2 is 0.964 bits per heavy atom. The molecule has 29 nitrogen and oxygen atoms in total. The lowest BCUT2D eigenvalue weighted by atomic mass is 10.1. The van der Waals surface area contributed by atoms with E-state index in [4.69, 9.17) is 9.47 Å². The zero-order chi connectivity index (χ0) is 40.1. The molecule has 0 aromatic carbocycles. The van der Waals surface area contributed by atoms with Crippen LogP contribution in [0.4, 0.5) is 11.6 Å². The highest BCUT2D eigenvalue weighted by Crippen LogP contribution is 2.71. The van der Waals surface area contributed by atoms with Crippen LogP contribution in [0.3, 0.4) is 0 Å². The van der Waals surface area contributed by atoms with Crippen LogP contribution in [-0.4, -0.2) is 143 Å². The molecule has 12 atom stereocenters. The molecule has 6 rings (SSSR count). The van der Waals surface area contributed by atoms with Gasteiger partial charge < -0.3 is 60.1 Å². The van der Waals surface area contributed by atoms with Crippen LogP contribution < -0.4 is 10.6 Å². The number of nitrogens with zero attached hydrogens (tertiary/aromatic N) is 8. The van der Waals surface area contributed by atoms with Gasteiger partial charge in [-0.1, -0.05) is 0 Å². The van der Waals surface area contributed by atoms with E-state index in [0.29, 0.717) is 11.6 Å². The maximum Gasteiger partial charge on any atom is 0.490 e. The number of phosphoric ester groups is 2. The van der Waals surface area contributed by atoms with Gasteiger partial charge in [0.1, 0.15) is 60.3 Å². The number of aliphatic hydroxyl groups excluding tert-OH is 4. The van der Waals surface area contributed by atoms with Crippen LogP contribution in [-0.2, 0) is 49.7 Å². The predicted octanol–water partition coefficient (Wildman–Crippen LogP) is -1.53. The molecule has 0 radical (unpaired) electrons. The fraction of sp³-hybridized carbons (Fsp3) is 0.545. The summed E-state index contributed by atoms with van der Waals surface area (Å²) in [6, 6.07) is 0. The molecule has 55 heavy (non-hydrogen) atoms. The number of hydrogen-bond acceptors (Lipinski definition) is 23. The maximum absolute atomic E-state index is 12.5. The number of aliphatic hydroxyl groups is 4. The number of aromatic nitrogens is 8. The molecule has 0 saturated carbocycles. The minimum atomic E-state index is -6.19. The lowest BCUT2D eigenvalue weighted by Crippen LogP contribution is -2.33. The summed E-state index contributed by atoms with van der Waals surface area (Å²) in [6.45, 7) is -2.18. The molecule has 2 saturated heterocycles. The van der Waals surface area contributed by atoms with Crippen LogP contribution in [0.25, 0.3) is 22.3 Å².